The fraction of sp³-hybridized carbons (Fsp3) is 0.667. The number of benzene rings is 1. The van der Waals surface area contributed by atoms with Gasteiger partial charge in [0, 0.05) is 11.6 Å². The Balaban J connectivity index is 1.97. The van der Waals surface area contributed by atoms with Crippen molar-refractivity contribution in [2.45, 2.75) is 77.1 Å². The minimum atomic E-state index is -0.0211. The van der Waals surface area contributed by atoms with Crippen molar-refractivity contribution in [1.82, 2.24) is 4.90 Å². The molecular weight excluding hydrogens is 328 g/mol. The highest BCUT2D eigenvalue weighted by atomic mass is 32.2. The molecule has 2 fully saturated rings. The predicted molar refractivity (Wildman–Crippen MR) is 108 cm³/mol. The Labute approximate surface area is 156 Å². The molecular formula is C21H32N2OS. The smallest absolute Gasteiger partial charge is 0.228 e. The number of hydrogen-bond acceptors (Lipinski definition) is 3. The number of carbonyl (C=O) groups excluding carboxylic acids is 1. The molecule has 2 unspecified atom stereocenters. The van der Waals surface area contributed by atoms with Crippen molar-refractivity contribution in [1.29, 1.82) is 0 Å². The van der Waals surface area contributed by atoms with E-state index < -0.39 is 0 Å². The first-order chi connectivity index (χ1) is 11.8. The predicted octanol–water partition coefficient (Wildman–Crippen LogP) is 5.04. The summed E-state index contributed by atoms with van der Waals surface area (Å²) in [5, 5.41) is 4.05. The summed E-state index contributed by atoms with van der Waals surface area (Å²) in [6.45, 7) is 13.4. The maximum Gasteiger partial charge on any atom is 0.228 e. The average molecular weight is 361 g/mol. The molecule has 0 aromatic heterocycles. The molecule has 1 amide bonds. The van der Waals surface area contributed by atoms with Crippen LogP contribution in [0.2, 0.25) is 0 Å². The highest BCUT2D eigenvalue weighted by Gasteiger charge is 2.52. The molecule has 0 bridgehead atoms. The van der Waals surface area contributed by atoms with Crippen molar-refractivity contribution >= 4 is 23.4 Å². The molecule has 25 heavy (non-hydrogen) atoms. The molecule has 2 atom stereocenters. The fourth-order valence-electron chi connectivity index (χ4n) is 3.78. The van der Waals surface area contributed by atoms with E-state index in [1.165, 1.54) is 16.8 Å². The molecule has 1 aliphatic heterocycles. The summed E-state index contributed by atoms with van der Waals surface area (Å²) >= 11 is 1.95. The van der Waals surface area contributed by atoms with E-state index in [0.29, 0.717) is 11.8 Å². The Bertz CT molecular complexity index is 651. The standard InChI is InChI=1S/C21H32N2OS/c1-7-15-10-8-9-14(4)17(15)22-20-21(5,6)25-19(13(2)3)23(20)18(24)16-11-12-16/h8-10,13,16,19-20,22H,7,11-12H2,1-6H3. The third kappa shape index (κ3) is 3.55. The van der Waals surface area contributed by atoms with Gasteiger partial charge in [-0.3, -0.25) is 4.79 Å². The van der Waals surface area contributed by atoms with E-state index in [2.05, 4.69) is 70.0 Å². The number of hydrogen-bond donors (Lipinski definition) is 1. The average Bonchev–Trinajstić information content (AvgIpc) is 3.35. The number of thioether (sulfide) groups is 1. The van der Waals surface area contributed by atoms with Crippen molar-refractivity contribution in [2.24, 2.45) is 11.8 Å². The first-order valence-electron chi connectivity index (χ1n) is 9.61. The van der Waals surface area contributed by atoms with Gasteiger partial charge in [-0.25, -0.2) is 0 Å². The number of carbonyl (C=O) groups is 1. The maximum atomic E-state index is 13.1. The molecule has 3 rings (SSSR count). The van der Waals surface area contributed by atoms with E-state index in [1.807, 2.05) is 11.8 Å². The van der Waals surface area contributed by atoms with Crippen LogP contribution in [0.25, 0.3) is 0 Å². The largest absolute Gasteiger partial charge is 0.364 e. The minimum Gasteiger partial charge on any atom is -0.364 e. The van der Waals surface area contributed by atoms with Gasteiger partial charge in [0.15, 0.2) is 0 Å². The first kappa shape index (κ1) is 18.6. The van der Waals surface area contributed by atoms with E-state index in [1.54, 1.807) is 0 Å². The van der Waals surface area contributed by atoms with Gasteiger partial charge in [-0.05, 0) is 57.1 Å². The van der Waals surface area contributed by atoms with E-state index in [9.17, 15) is 4.79 Å². The van der Waals surface area contributed by atoms with Crippen LogP contribution < -0.4 is 5.32 Å². The van der Waals surface area contributed by atoms with Crippen molar-refractivity contribution in [2.75, 3.05) is 5.32 Å². The summed E-state index contributed by atoms with van der Waals surface area (Å²) in [6.07, 6.45) is 3.14. The fourth-order valence-corrected chi connectivity index (χ4v) is 5.31. The lowest BCUT2D eigenvalue weighted by Crippen LogP contribution is -2.52. The third-order valence-electron chi connectivity index (χ3n) is 5.41. The Morgan fingerprint density at radius 3 is 2.60 bits per heavy atom. The number of nitrogens with one attached hydrogen (secondary N) is 1. The summed E-state index contributed by atoms with van der Waals surface area (Å²) < 4.78 is -0.0211. The van der Waals surface area contributed by atoms with Gasteiger partial charge in [-0.1, -0.05) is 39.0 Å². The summed E-state index contributed by atoms with van der Waals surface area (Å²) in [5.41, 5.74) is 3.79. The van der Waals surface area contributed by atoms with Gasteiger partial charge in [0.25, 0.3) is 0 Å². The second-order valence-electron chi connectivity index (χ2n) is 8.39. The Morgan fingerprint density at radius 1 is 1.36 bits per heavy atom. The topological polar surface area (TPSA) is 32.3 Å². The van der Waals surface area contributed by atoms with Crippen LogP contribution in [-0.2, 0) is 11.2 Å². The molecule has 138 valence electrons. The zero-order valence-electron chi connectivity index (χ0n) is 16.4. The van der Waals surface area contributed by atoms with E-state index in [4.69, 9.17) is 0 Å². The minimum absolute atomic E-state index is 0.0211. The molecule has 0 spiro atoms. The van der Waals surface area contributed by atoms with Crippen molar-refractivity contribution in [3.05, 3.63) is 29.3 Å². The van der Waals surface area contributed by atoms with Gasteiger partial charge >= 0.3 is 0 Å². The summed E-state index contributed by atoms with van der Waals surface area (Å²) in [4.78, 5) is 15.3. The SMILES string of the molecule is CCc1cccc(C)c1NC1N(C(=O)C2CC2)C(C(C)C)SC1(C)C. The zero-order chi connectivity index (χ0) is 18.4. The summed E-state index contributed by atoms with van der Waals surface area (Å²) in [5.74, 6) is 1.05. The van der Waals surface area contributed by atoms with Gasteiger partial charge in [-0.15, -0.1) is 11.8 Å². The molecule has 1 N–H and O–H groups in total. The van der Waals surface area contributed by atoms with Crippen LogP contribution in [0.3, 0.4) is 0 Å². The molecule has 1 heterocycles. The third-order valence-corrected chi connectivity index (χ3v) is 7.25. The molecule has 4 heteroatoms. The normalized spacial score (nSPS) is 25.5. The van der Waals surface area contributed by atoms with Crippen LogP contribution in [0.5, 0.6) is 0 Å². The first-order valence-corrected chi connectivity index (χ1v) is 10.5. The molecule has 2 aliphatic rings. The van der Waals surface area contributed by atoms with Gasteiger partial charge in [0.05, 0.1) is 10.1 Å². The number of aryl methyl sites for hydroxylation is 2. The number of para-hydroxylation sites is 1. The van der Waals surface area contributed by atoms with Crippen molar-refractivity contribution in [3.8, 4) is 0 Å². The highest BCUT2D eigenvalue weighted by Crippen LogP contribution is 2.49. The van der Waals surface area contributed by atoms with Crippen LogP contribution in [0.4, 0.5) is 5.69 Å². The lowest BCUT2D eigenvalue weighted by molar-refractivity contribution is -0.135. The van der Waals surface area contributed by atoms with Gasteiger partial charge in [0.2, 0.25) is 5.91 Å². The highest BCUT2D eigenvalue weighted by molar-refractivity contribution is 8.01. The number of nitrogens with zero attached hydrogens (tertiary/aromatic N) is 1. The molecule has 1 aromatic carbocycles. The Hall–Kier alpha value is -1.16. The lowest BCUT2D eigenvalue weighted by Gasteiger charge is -2.36. The molecule has 1 saturated heterocycles. The quantitative estimate of drug-likeness (QED) is 0.798. The number of anilines is 1. The Morgan fingerprint density at radius 2 is 2.04 bits per heavy atom. The number of amides is 1. The van der Waals surface area contributed by atoms with Crippen LogP contribution in [0, 0.1) is 18.8 Å². The number of rotatable bonds is 5. The molecule has 3 nitrogen and oxygen atoms in total. The van der Waals surface area contributed by atoms with E-state index in [0.717, 1.165) is 19.3 Å². The lowest BCUT2D eigenvalue weighted by atomic mass is 10.0. The van der Waals surface area contributed by atoms with Gasteiger partial charge in [-0.2, -0.15) is 0 Å². The van der Waals surface area contributed by atoms with E-state index in [-0.39, 0.29) is 22.2 Å². The summed E-state index contributed by atoms with van der Waals surface area (Å²) in [7, 11) is 0. The van der Waals surface area contributed by atoms with Crippen molar-refractivity contribution in [3.63, 3.8) is 0 Å². The van der Waals surface area contributed by atoms with Crippen molar-refractivity contribution < 1.29 is 4.79 Å². The molecule has 1 saturated carbocycles. The molecule has 1 aromatic rings. The van der Waals surface area contributed by atoms with Gasteiger partial charge in [0.1, 0.15) is 6.17 Å². The van der Waals surface area contributed by atoms with Crippen LogP contribution in [0.1, 0.15) is 58.6 Å². The van der Waals surface area contributed by atoms with Crippen LogP contribution >= 0.6 is 11.8 Å². The second kappa shape index (κ2) is 6.86. The summed E-state index contributed by atoms with van der Waals surface area (Å²) in [6, 6.07) is 6.47. The molecule has 0 radical (unpaired) electrons. The van der Waals surface area contributed by atoms with E-state index >= 15 is 0 Å². The maximum absolute atomic E-state index is 13.1. The zero-order valence-corrected chi connectivity index (χ0v) is 17.2. The molecule has 1 aliphatic carbocycles. The van der Waals surface area contributed by atoms with Crippen LogP contribution in [0.15, 0.2) is 18.2 Å². The van der Waals surface area contributed by atoms with Crippen LogP contribution in [-0.4, -0.2) is 27.1 Å². The second-order valence-corrected chi connectivity index (χ2v) is 10.2. The van der Waals surface area contributed by atoms with Gasteiger partial charge < -0.3 is 10.2 Å². The Kier molecular flexibility index (Phi) is 5.11. The monoisotopic (exact) mass is 360 g/mol.